The number of pyridine rings is 7. The Bertz CT molecular complexity index is 8310. The summed E-state index contributed by atoms with van der Waals surface area (Å²) in [6.45, 7) is 4.33. The van der Waals surface area contributed by atoms with Crippen LogP contribution >= 0.6 is 0 Å². The van der Waals surface area contributed by atoms with Crippen molar-refractivity contribution < 1.29 is 56.6 Å². The van der Waals surface area contributed by atoms with Crippen LogP contribution in [0.25, 0.3) is 123 Å². The molecule has 0 amide bonds. The summed E-state index contributed by atoms with van der Waals surface area (Å²) in [6.07, 6.45) is 35.0. The van der Waals surface area contributed by atoms with Gasteiger partial charge in [0, 0.05) is 110 Å². The molecule has 0 saturated heterocycles. The first-order valence-corrected chi connectivity index (χ1v) is 52.7. The molecule has 7 aromatic heterocycles. The smallest absolute Gasteiger partial charge is 0.201 e. The molecular formula is C141H160N7+7. The molecule has 0 atom stereocenters. The number of benzene rings is 11. The molecule has 3 aliphatic carbocycles. The summed E-state index contributed by atoms with van der Waals surface area (Å²) in [4.78, 5) is 0. The quantitative estimate of drug-likeness (QED) is 0.0863. The minimum absolute atomic E-state index is 0.0477. The minimum atomic E-state index is -2.44. The number of nitrogens with zero attached hydrogens (tertiary/aromatic N) is 7. The molecule has 21 rings (SSSR count). The zero-order valence-corrected chi connectivity index (χ0v) is 89.7. The lowest BCUT2D eigenvalue weighted by molar-refractivity contribution is -0.660. The fourth-order valence-corrected chi connectivity index (χ4v) is 22.3. The molecule has 3 fully saturated rings. The summed E-state index contributed by atoms with van der Waals surface area (Å²) < 4.78 is 159. The first-order valence-electron chi connectivity index (χ1n) is 61.7. The molecule has 3 saturated carbocycles. The van der Waals surface area contributed by atoms with Gasteiger partial charge in [-0.05, 0) is 323 Å². The van der Waals surface area contributed by atoms with Gasteiger partial charge in [-0.1, -0.05) is 282 Å². The lowest BCUT2D eigenvalue weighted by atomic mass is 9.83. The Morgan fingerprint density at radius 2 is 0.453 bits per heavy atom. The summed E-state index contributed by atoms with van der Waals surface area (Å²) in [5, 5.41) is 0. The van der Waals surface area contributed by atoms with Gasteiger partial charge in [0.1, 0.15) is 49.3 Å². The van der Waals surface area contributed by atoms with Crippen LogP contribution in [0.15, 0.2) is 371 Å². The first kappa shape index (κ1) is 85.5. The van der Waals surface area contributed by atoms with Crippen LogP contribution in [0.1, 0.15) is 214 Å². The largest absolute Gasteiger partial charge is 0.213 e. The number of hydrogen-bond donors (Lipinski definition) is 0. The van der Waals surface area contributed by atoms with E-state index in [1.165, 1.54) is 176 Å². The van der Waals surface area contributed by atoms with Gasteiger partial charge in [0.25, 0.3) is 0 Å². The van der Waals surface area contributed by atoms with Gasteiger partial charge in [-0.3, -0.25) is 0 Å². The Labute approximate surface area is 912 Å². The lowest BCUT2D eigenvalue weighted by Gasteiger charge is -2.23. The van der Waals surface area contributed by atoms with Crippen LogP contribution in [0, 0.1) is 115 Å². The van der Waals surface area contributed by atoms with Crippen molar-refractivity contribution in [2.24, 2.45) is 61.2 Å². The zero-order chi connectivity index (χ0) is 120. The summed E-state index contributed by atoms with van der Waals surface area (Å²) in [7, 11) is 14.3. The van der Waals surface area contributed by atoms with E-state index in [4.69, 9.17) is 24.7 Å². The van der Waals surface area contributed by atoms with Gasteiger partial charge < -0.3 is 0 Å². The summed E-state index contributed by atoms with van der Waals surface area (Å²) in [6, 6.07) is 107. The summed E-state index contributed by atoms with van der Waals surface area (Å²) in [5.74, 6) is 2.54. The van der Waals surface area contributed by atoms with Crippen LogP contribution in [-0.2, 0) is 62.2 Å². The molecule has 0 aliphatic heterocycles. The van der Waals surface area contributed by atoms with Crippen LogP contribution in [0.4, 0.5) is 0 Å². The van der Waals surface area contributed by atoms with Crippen molar-refractivity contribution in [3.05, 3.63) is 471 Å². The molecule has 11 aromatic carbocycles. The van der Waals surface area contributed by atoms with Crippen molar-refractivity contribution in [3.63, 3.8) is 0 Å². The maximum Gasteiger partial charge on any atom is 0.213 e. The highest BCUT2D eigenvalue weighted by Gasteiger charge is 2.30. The highest BCUT2D eigenvalue weighted by Crippen LogP contribution is 2.45. The van der Waals surface area contributed by atoms with Crippen molar-refractivity contribution in [2.75, 3.05) is 0 Å². The van der Waals surface area contributed by atoms with Gasteiger partial charge in [-0.15, -0.1) is 0 Å². The van der Waals surface area contributed by atoms with Gasteiger partial charge in [-0.2, -0.15) is 0 Å². The molecular weight excluding hydrogens is 1790 g/mol. The Balaban J connectivity index is 0.000000143. The van der Waals surface area contributed by atoms with Gasteiger partial charge in [0.15, 0.2) is 43.4 Å². The standard InChI is InChI=1S/C22H24N.2C21H22N.C20H20N.C20H26N.C19H24N.C18H22N/c1-15-13-17(3)21(18(4)14-15)19-10-8-9-16(2)22(19)20-11-6-7-12-23(20)5;1-15-9-7-10-16(2)20(15)18-12-8-11-17(3)21(18)19-13-5-6-14-22(19)4;1-15-11-12-18(17(3)14-15)19-9-7-8-16(2)21(19)20-10-5-6-13-22(20)4;1-15-9-4-5-11-17(15)18-12-8-10-16(2)20(18)19-13-6-7-14-21(19)3;1-16-9-8-12-18(15-17-10-4-3-5-11-17)20(16)19-13-6-7-14-21(19)2;1-15-8-7-11-17(14-16-9-3-4-10-16)19(15)18-12-5-6-13-20(18)2;1-14-8-7-11-16(15-9-3-4-10-15)18(14)17-12-5-6-13-19(17)2/h6-14H,1-5H3;2*5-14H,1-4H3;4-14H,1-3H3;6-9,12-14,17H,3-5,10-11,15H2,1-2H3;5-8,11-13,16H,3-4,9-10,14H2,1-2H3;5-8,11-13,15H,3-4,9-10H2,1-2H3/q7*+1/i3D3,4D3;1D3,2D3;3D3;1D3;;;. The Hall–Kier alpha value is -14.5. The van der Waals surface area contributed by atoms with Crippen molar-refractivity contribution >= 4 is 0 Å². The second-order valence-corrected chi connectivity index (χ2v) is 40.7. The second kappa shape index (κ2) is 51.2. The predicted molar refractivity (Wildman–Crippen MR) is 621 cm³/mol. The molecule has 3 aliphatic rings. The van der Waals surface area contributed by atoms with E-state index in [2.05, 4.69) is 231 Å². The third-order valence-electron chi connectivity index (χ3n) is 29.9. The van der Waals surface area contributed by atoms with Crippen LogP contribution in [0.2, 0.25) is 0 Å². The van der Waals surface area contributed by atoms with Gasteiger partial charge in [-0.25, -0.2) is 32.0 Å². The van der Waals surface area contributed by atoms with E-state index < -0.39 is 41.1 Å². The Morgan fingerprint density at radius 3 is 0.824 bits per heavy atom. The molecule has 7 heterocycles. The Kier molecular flexibility index (Phi) is 29.6. The molecule has 0 spiro atoms. The number of rotatable bonds is 16. The number of aryl methyl sites for hydroxylation is 22. The number of aromatic nitrogens is 7. The third-order valence-corrected chi connectivity index (χ3v) is 29.9. The lowest BCUT2D eigenvalue weighted by Crippen LogP contribution is -2.30. The first-order chi connectivity index (χ1) is 78.9. The van der Waals surface area contributed by atoms with E-state index in [-0.39, 0.29) is 33.4 Å². The van der Waals surface area contributed by atoms with E-state index in [1.807, 2.05) is 222 Å². The minimum Gasteiger partial charge on any atom is -0.201 e. The Morgan fingerprint density at radius 1 is 0.196 bits per heavy atom. The van der Waals surface area contributed by atoms with Crippen LogP contribution in [0.3, 0.4) is 0 Å². The highest BCUT2D eigenvalue weighted by atomic mass is 14.9. The van der Waals surface area contributed by atoms with Crippen molar-refractivity contribution in [1.82, 2.24) is 0 Å². The van der Waals surface area contributed by atoms with E-state index in [0.717, 1.165) is 113 Å². The molecule has 18 aromatic rings. The van der Waals surface area contributed by atoms with E-state index >= 15 is 0 Å². The van der Waals surface area contributed by atoms with Crippen molar-refractivity contribution in [1.29, 1.82) is 0 Å². The number of hydrogen-bond acceptors (Lipinski definition) is 0. The molecule has 7 heteroatoms. The topological polar surface area (TPSA) is 27.2 Å². The van der Waals surface area contributed by atoms with Gasteiger partial charge in [0.05, 0.1) is 38.9 Å². The molecule has 7 nitrogen and oxygen atoms in total. The normalized spacial score (nSPS) is 15.1. The monoisotopic (exact) mass is 1970 g/mol. The fraction of sp³-hybridized carbons (Fsp3) is 0.284. The van der Waals surface area contributed by atoms with Crippen molar-refractivity contribution in [2.45, 2.75) is 206 Å². The van der Waals surface area contributed by atoms with Gasteiger partial charge >= 0.3 is 0 Å². The van der Waals surface area contributed by atoms with Crippen molar-refractivity contribution in [3.8, 4) is 123 Å². The van der Waals surface area contributed by atoms with Crippen LogP contribution in [-0.4, -0.2) is 0 Å². The fourth-order valence-electron chi connectivity index (χ4n) is 22.3. The van der Waals surface area contributed by atoms with Crippen LogP contribution < -0.4 is 32.0 Å². The summed E-state index contributed by atoms with van der Waals surface area (Å²) in [5.41, 5.74) is 36.7. The molecule has 148 heavy (non-hydrogen) atoms. The van der Waals surface area contributed by atoms with E-state index in [9.17, 15) is 0 Å². The molecule has 0 radical (unpaired) electrons. The van der Waals surface area contributed by atoms with E-state index in [1.54, 1.807) is 48.9 Å². The zero-order valence-electron chi connectivity index (χ0n) is 108. The molecule has 0 bridgehead atoms. The molecule has 0 unspecified atom stereocenters. The maximum atomic E-state index is 8.08. The third kappa shape index (κ3) is 26.2. The van der Waals surface area contributed by atoms with E-state index in [0.29, 0.717) is 27.8 Å². The maximum absolute atomic E-state index is 8.08. The molecule has 0 N–H and O–H groups in total. The highest BCUT2D eigenvalue weighted by molar-refractivity contribution is 5.89. The SMILES string of the molecule is Cc1cccc(C2CCCC2)c1-c1cccc[n+]1C.Cc1cccc(CC2CCCC2)c1-c1cccc[n+]1C.Cc1cccc(CC2CCCCC2)c1-c1cccc[n+]1C.[2H]C([2H])([2H])c1cc(C)cc(C([2H])([2H])[2H])c1-c1cccc(C)c1-c1cccc[n+]1C.[2H]C([2H])([2H])c1cc(C)ccc1-c1cccc(C)c1-c1cccc[n+]1C.[2H]C([2H])([2H])c1cccc(C([2H])([2H])[2H])c1-c1cccc(C)c1-c1cccc[n+]1C.[2H]C([2H])([2H])c1ccccc1-c1cccc(C)c1-c1cccc[n+]1C. The average molecular weight is 1970 g/mol. The van der Waals surface area contributed by atoms with Crippen LogP contribution in [0.5, 0.6) is 0 Å². The predicted octanol–water partition coefficient (Wildman–Crippen LogP) is 32.1. The second-order valence-electron chi connectivity index (χ2n) is 40.7. The summed E-state index contributed by atoms with van der Waals surface area (Å²) >= 11 is 0. The average Bonchev–Trinajstić information content (AvgIpc) is 0.778. The molecule has 752 valence electrons. The van der Waals surface area contributed by atoms with Gasteiger partial charge in [0.2, 0.25) is 39.9 Å².